The van der Waals surface area contributed by atoms with Crippen LogP contribution < -0.4 is 5.32 Å². The van der Waals surface area contributed by atoms with Gasteiger partial charge in [-0.1, -0.05) is 78.8 Å². The topological polar surface area (TPSA) is 59.8 Å². The van der Waals surface area contributed by atoms with E-state index in [9.17, 15) is 4.79 Å². The summed E-state index contributed by atoms with van der Waals surface area (Å²) in [7, 11) is 0. The molecule has 2 aromatic carbocycles. The Kier molecular flexibility index (Phi) is 6.62. The minimum atomic E-state index is -0.0535. The third kappa shape index (κ3) is 5.26. The van der Waals surface area contributed by atoms with Gasteiger partial charge in [0.05, 0.1) is 11.8 Å². The van der Waals surface area contributed by atoms with E-state index >= 15 is 0 Å². The summed E-state index contributed by atoms with van der Waals surface area (Å²) >= 11 is 1.48. The molecule has 29 heavy (non-hydrogen) atoms. The number of carbonyl (C=O) groups is 1. The Labute approximate surface area is 175 Å². The number of thioether (sulfide) groups is 1. The Morgan fingerprint density at radius 2 is 1.76 bits per heavy atom. The summed E-state index contributed by atoms with van der Waals surface area (Å²) in [5.74, 6) is 1.42. The Morgan fingerprint density at radius 1 is 1.00 bits per heavy atom. The van der Waals surface area contributed by atoms with Crippen LogP contribution in [-0.2, 0) is 24.2 Å². The standard InChI is InChI=1S/C23H26N4OS/c28-22(17-29-23-26-25-21-14-8-3-9-15-27(21)23)24-20(19-12-6-2-7-13-19)16-18-10-4-1-5-11-18/h1-2,4-7,10-13,20H,3,8-9,14-17H2,(H,24,28)/t20-/m0/s1. The number of aryl methyl sites for hydroxylation is 1. The number of hydrogen-bond acceptors (Lipinski definition) is 4. The van der Waals surface area contributed by atoms with E-state index in [1.807, 2.05) is 36.4 Å². The molecule has 0 unspecified atom stereocenters. The number of rotatable bonds is 7. The summed E-state index contributed by atoms with van der Waals surface area (Å²) in [5, 5.41) is 12.7. The van der Waals surface area contributed by atoms with Crippen molar-refractivity contribution in [2.45, 2.75) is 49.8 Å². The van der Waals surface area contributed by atoms with Crippen molar-refractivity contribution >= 4 is 17.7 Å². The third-order valence-corrected chi connectivity index (χ3v) is 6.19. The maximum Gasteiger partial charge on any atom is 0.230 e. The second-order valence-electron chi connectivity index (χ2n) is 7.37. The summed E-state index contributed by atoms with van der Waals surface area (Å²) in [5.41, 5.74) is 2.32. The van der Waals surface area contributed by atoms with Crippen LogP contribution in [0, 0.1) is 0 Å². The molecule has 5 nitrogen and oxygen atoms in total. The number of benzene rings is 2. The average molecular weight is 407 g/mol. The van der Waals surface area contributed by atoms with Crippen LogP contribution in [0.25, 0.3) is 0 Å². The second kappa shape index (κ2) is 9.74. The van der Waals surface area contributed by atoms with E-state index in [1.165, 1.54) is 30.2 Å². The summed E-state index contributed by atoms with van der Waals surface area (Å²) in [4.78, 5) is 12.8. The van der Waals surface area contributed by atoms with Crippen molar-refractivity contribution in [3.63, 3.8) is 0 Å². The van der Waals surface area contributed by atoms with Crippen LogP contribution in [0.4, 0.5) is 0 Å². The van der Waals surface area contributed by atoms with E-state index in [-0.39, 0.29) is 11.9 Å². The van der Waals surface area contributed by atoms with Gasteiger partial charge in [0.2, 0.25) is 5.91 Å². The zero-order chi connectivity index (χ0) is 19.9. The SMILES string of the molecule is O=C(CSc1nnc2n1CCCCC2)N[C@@H](Cc1ccccc1)c1ccccc1. The zero-order valence-electron chi connectivity index (χ0n) is 16.5. The summed E-state index contributed by atoms with van der Waals surface area (Å²) in [6.45, 7) is 0.951. The fourth-order valence-corrected chi connectivity index (χ4v) is 4.51. The molecule has 4 rings (SSSR count). The molecule has 1 atom stereocenters. The first-order valence-electron chi connectivity index (χ1n) is 10.2. The summed E-state index contributed by atoms with van der Waals surface area (Å²) in [6.07, 6.45) is 5.29. The average Bonchev–Trinajstić information content (AvgIpc) is 2.99. The number of carbonyl (C=O) groups excluding carboxylic acids is 1. The van der Waals surface area contributed by atoms with E-state index in [0.717, 1.165) is 42.4 Å². The van der Waals surface area contributed by atoms with Gasteiger partial charge in [0.1, 0.15) is 5.82 Å². The molecule has 0 saturated carbocycles. The Hall–Kier alpha value is -2.60. The zero-order valence-corrected chi connectivity index (χ0v) is 17.3. The van der Waals surface area contributed by atoms with E-state index in [4.69, 9.17) is 0 Å². The maximum atomic E-state index is 12.8. The fraction of sp³-hybridized carbons (Fsp3) is 0.348. The van der Waals surface area contributed by atoms with Crippen LogP contribution in [0.1, 0.15) is 42.3 Å². The molecule has 1 amide bonds. The highest BCUT2D eigenvalue weighted by Gasteiger charge is 2.18. The van der Waals surface area contributed by atoms with Gasteiger partial charge in [-0.25, -0.2) is 0 Å². The van der Waals surface area contributed by atoms with Gasteiger partial charge in [-0.15, -0.1) is 10.2 Å². The van der Waals surface area contributed by atoms with Gasteiger partial charge in [0, 0.05) is 13.0 Å². The third-order valence-electron chi connectivity index (χ3n) is 5.23. The molecule has 3 aromatic rings. The first-order chi connectivity index (χ1) is 14.3. The normalized spacial score (nSPS) is 14.6. The molecule has 0 aliphatic carbocycles. The van der Waals surface area contributed by atoms with Gasteiger partial charge in [-0.05, 0) is 30.4 Å². The number of fused-ring (bicyclic) bond motifs is 1. The monoisotopic (exact) mass is 406 g/mol. The van der Waals surface area contributed by atoms with Gasteiger partial charge in [0.25, 0.3) is 0 Å². The van der Waals surface area contributed by atoms with Crippen molar-refractivity contribution in [2.24, 2.45) is 0 Å². The molecule has 1 N–H and O–H groups in total. The highest BCUT2D eigenvalue weighted by molar-refractivity contribution is 7.99. The molecule has 0 bridgehead atoms. The van der Waals surface area contributed by atoms with Gasteiger partial charge in [-0.2, -0.15) is 0 Å². The lowest BCUT2D eigenvalue weighted by molar-refractivity contribution is -0.119. The molecule has 2 heterocycles. The van der Waals surface area contributed by atoms with Gasteiger partial charge in [0.15, 0.2) is 5.16 Å². The largest absolute Gasteiger partial charge is 0.348 e. The molecule has 0 fully saturated rings. The van der Waals surface area contributed by atoms with Crippen LogP contribution in [0.3, 0.4) is 0 Å². The Balaban J connectivity index is 1.41. The molecule has 1 aliphatic heterocycles. The number of nitrogens with one attached hydrogen (secondary N) is 1. The first kappa shape index (κ1) is 19.7. The van der Waals surface area contributed by atoms with Crippen molar-refractivity contribution in [2.75, 3.05) is 5.75 Å². The molecule has 0 saturated heterocycles. The van der Waals surface area contributed by atoms with Gasteiger partial charge >= 0.3 is 0 Å². The van der Waals surface area contributed by atoms with E-state index in [2.05, 4.69) is 44.3 Å². The van der Waals surface area contributed by atoms with Crippen LogP contribution >= 0.6 is 11.8 Å². The molecular formula is C23H26N4OS. The maximum absolute atomic E-state index is 12.8. The quantitative estimate of drug-likeness (QED) is 0.598. The van der Waals surface area contributed by atoms with Gasteiger partial charge in [-0.3, -0.25) is 4.79 Å². The predicted octanol–water partition coefficient (Wildman–Crippen LogP) is 4.20. The minimum Gasteiger partial charge on any atom is -0.348 e. The number of amides is 1. The van der Waals surface area contributed by atoms with Crippen molar-refractivity contribution in [1.82, 2.24) is 20.1 Å². The number of aromatic nitrogens is 3. The summed E-state index contributed by atoms with van der Waals surface area (Å²) < 4.78 is 2.18. The molecule has 0 spiro atoms. The number of hydrogen-bond donors (Lipinski definition) is 1. The lowest BCUT2D eigenvalue weighted by Crippen LogP contribution is -2.31. The van der Waals surface area contributed by atoms with Crippen molar-refractivity contribution in [3.8, 4) is 0 Å². The Morgan fingerprint density at radius 3 is 2.55 bits per heavy atom. The van der Waals surface area contributed by atoms with E-state index < -0.39 is 0 Å². The number of nitrogens with zero attached hydrogens (tertiary/aromatic N) is 3. The molecule has 150 valence electrons. The van der Waals surface area contributed by atoms with E-state index in [0.29, 0.717) is 5.75 Å². The van der Waals surface area contributed by atoms with Gasteiger partial charge < -0.3 is 9.88 Å². The molecular weight excluding hydrogens is 380 g/mol. The van der Waals surface area contributed by atoms with E-state index in [1.54, 1.807) is 0 Å². The van der Waals surface area contributed by atoms with Crippen LogP contribution in [-0.4, -0.2) is 26.4 Å². The summed E-state index contributed by atoms with van der Waals surface area (Å²) in [6, 6.07) is 20.4. The first-order valence-corrected chi connectivity index (χ1v) is 11.2. The molecule has 1 aliphatic rings. The highest BCUT2D eigenvalue weighted by Crippen LogP contribution is 2.23. The van der Waals surface area contributed by atoms with Crippen molar-refractivity contribution in [1.29, 1.82) is 0 Å². The predicted molar refractivity (Wildman–Crippen MR) is 116 cm³/mol. The second-order valence-corrected chi connectivity index (χ2v) is 8.31. The van der Waals surface area contributed by atoms with Crippen molar-refractivity contribution in [3.05, 3.63) is 77.6 Å². The van der Waals surface area contributed by atoms with Crippen LogP contribution in [0.15, 0.2) is 65.8 Å². The lowest BCUT2D eigenvalue weighted by Gasteiger charge is -2.19. The van der Waals surface area contributed by atoms with Crippen molar-refractivity contribution < 1.29 is 4.79 Å². The Bertz CT molecular complexity index is 927. The molecule has 0 radical (unpaired) electrons. The van der Waals surface area contributed by atoms with Crippen LogP contribution in [0.2, 0.25) is 0 Å². The fourth-order valence-electron chi connectivity index (χ4n) is 3.72. The molecule has 1 aromatic heterocycles. The molecule has 6 heteroatoms. The minimum absolute atomic E-state index is 0.0192. The highest BCUT2D eigenvalue weighted by atomic mass is 32.2. The lowest BCUT2D eigenvalue weighted by atomic mass is 9.99. The van der Waals surface area contributed by atoms with Crippen LogP contribution in [0.5, 0.6) is 0 Å². The smallest absolute Gasteiger partial charge is 0.230 e.